The van der Waals surface area contributed by atoms with Gasteiger partial charge in [-0.15, -0.1) is 0 Å². The molecule has 1 rings (SSSR count). The summed E-state index contributed by atoms with van der Waals surface area (Å²) in [5.74, 6) is -1.87. The second-order valence-electron chi connectivity index (χ2n) is 2.78. The van der Waals surface area contributed by atoms with Crippen molar-refractivity contribution in [3.05, 3.63) is 31.0 Å². The molecule has 0 N–H and O–H groups in total. The number of carbonyl (C=O) groups excluding carboxylic acids is 1. The highest BCUT2D eigenvalue weighted by molar-refractivity contribution is 14.1. The number of halogens is 3. The molecule has 0 atom stereocenters. The Labute approximate surface area is 107 Å². The topological polar surface area (TPSA) is 82.3 Å². The first-order valence-corrected chi connectivity index (χ1v) is 5.17. The first-order chi connectivity index (χ1) is 7.90. The Morgan fingerprint density at radius 3 is 2.65 bits per heavy atom. The summed E-state index contributed by atoms with van der Waals surface area (Å²) in [7, 11) is 0.997. The number of methoxy groups -OCH3 is 1. The molecule has 0 aliphatic heterocycles. The highest BCUT2D eigenvalue weighted by Crippen LogP contribution is 2.30. The zero-order chi connectivity index (χ0) is 13.2. The average molecular weight is 358 g/mol. The van der Waals surface area contributed by atoms with Gasteiger partial charge >= 0.3 is 11.8 Å². The van der Waals surface area contributed by atoms with Crippen LogP contribution in [0.1, 0.15) is 22.3 Å². The van der Waals surface area contributed by atoms with E-state index in [9.17, 15) is 23.7 Å². The van der Waals surface area contributed by atoms with E-state index in [1.54, 1.807) is 0 Å². The van der Waals surface area contributed by atoms with Crippen LogP contribution in [0.15, 0.2) is 6.20 Å². The number of ether oxygens (including phenoxy) is 1. The molecular formula is C8H5F2IN2O4. The van der Waals surface area contributed by atoms with Crippen molar-refractivity contribution in [3.63, 3.8) is 0 Å². The fraction of sp³-hybridized carbons (Fsp3) is 0.250. The minimum atomic E-state index is -2.88. The summed E-state index contributed by atoms with van der Waals surface area (Å²) < 4.78 is 29.2. The quantitative estimate of drug-likeness (QED) is 0.359. The van der Waals surface area contributed by atoms with Gasteiger partial charge in [0.1, 0.15) is 6.20 Å². The number of pyridine rings is 1. The zero-order valence-corrected chi connectivity index (χ0v) is 10.5. The van der Waals surface area contributed by atoms with Gasteiger partial charge in [0.25, 0.3) is 6.43 Å². The van der Waals surface area contributed by atoms with Crippen LogP contribution in [0, 0.1) is 13.7 Å². The van der Waals surface area contributed by atoms with Gasteiger partial charge in [-0.25, -0.2) is 13.6 Å². The van der Waals surface area contributed by atoms with Gasteiger partial charge in [0.05, 0.1) is 12.7 Å². The predicted molar refractivity (Wildman–Crippen MR) is 59.9 cm³/mol. The zero-order valence-electron chi connectivity index (χ0n) is 8.32. The van der Waals surface area contributed by atoms with E-state index >= 15 is 0 Å². The van der Waals surface area contributed by atoms with Crippen molar-refractivity contribution in [1.82, 2.24) is 4.98 Å². The lowest BCUT2D eigenvalue weighted by Crippen LogP contribution is -2.12. The molecule has 0 saturated heterocycles. The van der Waals surface area contributed by atoms with E-state index in [1.165, 1.54) is 22.6 Å². The van der Waals surface area contributed by atoms with E-state index in [0.29, 0.717) is 6.20 Å². The normalized spacial score (nSPS) is 10.4. The van der Waals surface area contributed by atoms with Crippen LogP contribution in [0.2, 0.25) is 0 Å². The third-order valence-electron chi connectivity index (χ3n) is 1.82. The van der Waals surface area contributed by atoms with Crippen LogP contribution in [0.4, 0.5) is 14.6 Å². The van der Waals surface area contributed by atoms with Gasteiger partial charge in [-0.3, -0.25) is 0 Å². The molecule has 0 bridgehead atoms. The Kier molecular flexibility index (Phi) is 4.26. The fourth-order valence-corrected chi connectivity index (χ4v) is 1.90. The molecule has 9 heteroatoms. The lowest BCUT2D eigenvalue weighted by Gasteiger charge is -2.06. The molecule has 0 saturated carbocycles. The minimum Gasteiger partial charge on any atom is -0.465 e. The molecule has 17 heavy (non-hydrogen) atoms. The summed E-state index contributed by atoms with van der Waals surface area (Å²) in [5.41, 5.74) is -1.10. The van der Waals surface area contributed by atoms with Crippen molar-refractivity contribution in [3.8, 4) is 0 Å². The number of hydrogen-bond acceptors (Lipinski definition) is 5. The molecule has 6 nitrogen and oxygen atoms in total. The second-order valence-corrected chi connectivity index (χ2v) is 3.85. The molecule has 1 heterocycles. The molecule has 0 spiro atoms. The Morgan fingerprint density at radius 1 is 1.65 bits per heavy atom. The van der Waals surface area contributed by atoms with Crippen molar-refractivity contribution >= 4 is 34.4 Å². The Hall–Kier alpha value is -1.39. The number of esters is 1. The molecule has 0 amide bonds. The minimum absolute atomic E-state index is 0.230. The van der Waals surface area contributed by atoms with Gasteiger partial charge in [0, 0.05) is 3.57 Å². The Balaban J connectivity index is 3.53. The first-order valence-electron chi connectivity index (χ1n) is 4.09. The molecule has 0 aliphatic carbocycles. The van der Waals surface area contributed by atoms with Crippen molar-refractivity contribution in [2.24, 2.45) is 0 Å². The monoisotopic (exact) mass is 358 g/mol. The van der Waals surface area contributed by atoms with E-state index in [2.05, 4.69) is 9.72 Å². The predicted octanol–water partition coefficient (Wildman–Crippen LogP) is 2.32. The van der Waals surface area contributed by atoms with Crippen LogP contribution in [0.25, 0.3) is 0 Å². The SMILES string of the molecule is COC(=O)c1c([N+](=O)[O-])ncc(C(F)F)c1I. The van der Waals surface area contributed by atoms with Crippen molar-refractivity contribution in [2.45, 2.75) is 6.43 Å². The van der Waals surface area contributed by atoms with E-state index in [1.807, 2.05) is 0 Å². The number of alkyl halides is 2. The average Bonchev–Trinajstić information content (AvgIpc) is 2.26. The number of nitro groups is 1. The number of aromatic nitrogens is 1. The molecule has 0 radical (unpaired) electrons. The maximum absolute atomic E-state index is 12.5. The molecular weight excluding hydrogens is 353 g/mol. The summed E-state index contributed by atoms with van der Waals surface area (Å²) in [6.07, 6.45) is -2.20. The molecule has 1 aromatic heterocycles. The summed E-state index contributed by atoms with van der Waals surface area (Å²) in [4.78, 5) is 24.3. The summed E-state index contributed by atoms with van der Waals surface area (Å²) >= 11 is 1.43. The largest absolute Gasteiger partial charge is 0.465 e. The number of hydrogen-bond donors (Lipinski definition) is 0. The molecule has 0 aromatic carbocycles. The fourth-order valence-electron chi connectivity index (χ4n) is 1.07. The van der Waals surface area contributed by atoms with E-state index < -0.39 is 34.3 Å². The summed E-state index contributed by atoms with van der Waals surface area (Å²) in [5, 5.41) is 10.6. The maximum Gasteiger partial charge on any atom is 0.379 e. The van der Waals surface area contributed by atoms with Gasteiger partial charge in [0.2, 0.25) is 0 Å². The van der Waals surface area contributed by atoms with Crippen molar-refractivity contribution in [1.29, 1.82) is 0 Å². The number of rotatable bonds is 3. The van der Waals surface area contributed by atoms with Gasteiger partial charge in [-0.2, -0.15) is 0 Å². The van der Waals surface area contributed by atoms with Crippen LogP contribution in [0.5, 0.6) is 0 Å². The standard InChI is InChI=1S/C8H5F2IN2O4/c1-17-8(14)4-5(11)3(6(9)10)2-12-7(4)13(15)16/h2,6H,1H3. The maximum atomic E-state index is 12.5. The van der Waals surface area contributed by atoms with Crippen LogP contribution in [-0.4, -0.2) is 23.0 Å². The van der Waals surface area contributed by atoms with Gasteiger partial charge in [0.15, 0.2) is 5.56 Å². The molecule has 1 aromatic rings. The molecule has 92 valence electrons. The van der Waals surface area contributed by atoms with Crippen LogP contribution < -0.4 is 0 Å². The summed E-state index contributed by atoms with van der Waals surface area (Å²) in [6.45, 7) is 0. The number of nitrogens with zero attached hydrogens (tertiary/aromatic N) is 2. The highest BCUT2D eigenvalue weighted by Gasteiger charge is 2.30. The Bertz CT molecular complexity index is 481. The van der Waals surface area contributed by atoms with E-state index in [4.69, 9.17) is 0 Å². The smallest absolute Gasteiger partial charge is 0.379 e. The van der Waals surface area contributed by atoms with Crippen LogP contribution >= 0.6 is 22.6 Å². The Morgan fingerprint density at radius 2 is 2.24 bits per heavy atom. The first kappa shape index (κ1) is 13.7. The van der Waals surface area contributed by atoms with Crippen LogP contribution in [-0.2, 0) is 4.74 Å². The van der Waals surface area contributed by atoms with Crippen LogP contribution in [0.3, 0.4) is 0 Å². The van der Waals surface area contributed by atoms with Gasteiger partial charge < -0.3 is 14.9 Å². The summed E-state index contributed by atoms with van der Waals surface area (Å²) in [6, 6.07) is 0. The molecule has 0 aliphatic rings. The second kappa shape index (κ2) is 5.29. The van der Waals surface area contributed by atoms with E-state index in [-0.39, 0.29) is 3.57 Å². The van der Waals surface area contributed by atoms with Gasteiger partial charge in [-0.1, -0.05) is 0 Å². The van der Waals surface area contributed by atoms with E-state index in [0.717, 1.165) is 7.11 Å². The van der Waals surface area contributed by atoms with Crippen molar-refractivity contribution in [2.75, 3.05) is 7.11 Å². The van der Waals surface area contributed by atoms with Crippen molar-refractivity contribution < 1.29 is 23.2 Å². The molecule has 0 unspecified atom stereocenters. The lowest BCUT2D eigenvalue weighted by molar-refractivity contribution is -0.390. The highest BCUT2D eigenvalue weighted by atomic mass is 127. The third kappa shape index (κ3) is 2.65. The lowest BCUT2D eigenvalue weighted by atomic mass is 10.2. The van der Waals surface area contributed by atoms with Gasteiger partial charge in [-0.05, 0) is 32.5 Å². The number of carbonyl (C=O) groups is 1. The molecule has 0 fully saturated rings. The third-order valence-corrected chi connectivity index (χ3v) is 2.98.